The van der Waals surface area contributed by atoms with Crippen molar-refractivity contribution >= 4 is 12.1 Å². The van der Waals surface area contributed by atoms with E-state index < -0.39 is 5.91 Å². The second-order valence-corrected chi connectivity index (χ2v) is 4.59. The highest BCUT2D eigenvalue weighted by Gasteiger charge is 2.10. The fourth-order valence-corrected chi connectivity index (χ4v) is 1.98. The van der Waals surface area contributed by atoms with E-state index in [-0.39, 0.29) is 11.5 Å². The molecule has 1 amide bonds. The number of nitrogens with zero attached hydrogens (tertiary/aromatic N) is 1. The van der Waals surface area contributed by atoms with Crippen molar-refractivity contribution in [3.63, 3.8) is 0 Å². The Kier molecular flexibility index (Phi) is 4.63. The molecule has 0 aliphatic heterocycles. The Morgan fingerprint density at radius 2 is 2.00 bits per heavy atom. The average molecular weight is 300 g/mol. The van der Waals surface area contributed by atoms with Gasteiger partial charge >= 0.3 is 0 Å². The van der Waals surface area contributed by atoms with Crippen LogP contribution in [0.15, 0.2) is 41.5 Å². The minimum Gasteiger partial charge on any atom is -0.508 e. The van der Waals surface area contributed by atoms with Crippen LogP contribution in [0, 0.1) is 6.92 Å². The number of hydrazone groups is 1. The number of rotatable bonds is 4. The molecule has 0 unspecified atom stereocenters. The van der Waals surface area contributed by atoms with Gasteiger partial charge in [-0.2, -0.15) is 5.10 Å². The highest BCUT2D eigenvalue weighted by molar-refractivity contribution is 5.97. The third kappa shape index (κ3) is 3.35. The molecule has 0 saturated carbocycles. The van der Waals surface area contributed by atoms with Gasteiger partial charge < -0.3 is 14.9 Å². The highest BCUT2D eigenvalue weighted by Crippen LogP contribution is 2.25. The number of hydrogen-bond donors (Lipinski definition) is 3. The molecule has 0 radical (unpaired) electrons. The lowest BCUT2D eigenvalue weighted by Crippen LogP contribution is -2.18. The zero-order valence-corrected chi connectivity index (χ0v) is 12.2. The maximum atomic E-state index is 12.0. The predicted molar refractivity (Wildman–Crippen MR) is 82.6 cm³/mol. The molecule has 0 aromatic heterocycles. The summed E-state index contributed by atoms with van der Waals surface area (Å²) in [5, 5.41) is 22.9. The number of aryl methyl sites for hydroxylation is 1. The summed E-state index contributed by atoms with van der Waals surface area (Å²) in [5.41, 5.74) is 3.77. The van der Waals surface area contributed by atoms with Crippen molar-refractivity contribution in [2.45, 2.75) is 6.92 Å². The molecule has 2 aromatic rings. The zero-order chi connectivity index (χ0) is 16.1. The first-order valence-corrected chi connectivity index (χ1v) is 6.52. The summed E-state index contributed by atoms with van der Waals surface area (Å²) in [6.45, 7) is 1.71. The Labute approximate surface area is 127 Å². The topological polar surface area (TPSA) is 91.2 Å². The van der Waals surface area contributed by atoms with Crippen LogP contribution in [0.4, 0.5) is 0 Å². The number of amides is 1. The Hall–Kier alpha value is -3.02. The smallest absolute Gasteiger partial charge is 0.275 e. The molecule has 2 aromatic carbocycles. The molecule has 2 rings (SSSR count). The van der Waals surface area contributed by atoms with Gasteiger partial charge in [0.15, 0.2) is 0 Å². The summed E-state index contributed by atoms with van der Waals surface area (Å²) >= 11 is 0. The van der Waals surface area contributed by atoms with Crippen LogP contribution in [0.5, 0.6) is 17.2 Å². The monoisotopic (exact) mass is 300 g/mol. The molecule has 0 spiro atoms. The molecule has 0 saturated heterocycles. The molecule has 0 fully saturated rings. The van der Waals surface area contributed by atoms with Gasteiger partial charge in [0.05, 0.1) is 18.9 Å². The number of nitrogens with one attached hydrogen (secondary N) is 1. The molecular weight excluding hydrogens is 284 g/mol. The number of carbonyl (C=O) groups is 1. The van der Waals surface area contributed by atoms with E-state index >= 15 is 0 Å². The summed E-state index contributed by atoms with van der Waals surface area (Å²) in [4.78, 5) is 12.0. The maximum absolute atomic E-state index is 12.0. The van der Waals surface area contributed by atoms with Crippen LogP contribution in [0.2, 0.25) is 0 Å². The Balaban J connectivity index is 2.15. The van der Waals surface area contributed by atoms with Crippen LogP contribution in [0.1, 0.15) is 21.5 Å². The number of benzene rings is 2. The summed E-state index contributed by atoms with van der Waals surface area (Å²) in [7, 11) is 1.48. The van der Waals surface area contributed by atoms with Gasteiger partial charge in [-0.3, -0.25) is 4.79 Å². The van der Waals surface area contributed by atoms with Crippen LogP contribution in [-0.4, -0.2) is 29.4 Å². The van der Waals surface area contributed by atoms with E-state index in [1.807, 2.05) is 0 Å². The van der Waals surface area contributed by atoms with Gasteiger partial charge in [-0.15, -0.1) is 0 Å². The number of hydrogen-bond acceptors (Lipinski definition) is 5. The van der Waals surface area contributed by atoms with Crippen molar-refractivity contribution in [2.75, 3.05) is 7.11 Å². The van der Waals surface area contributed by atoms with E-state index in [9.17, 15) is 15.0 Å². The Morgan fingerprint density at radius 1 is 1.27 bits per heavy atom. The number of methoxy groups -OCH3 is 1. The van der Waals surface area contributed by atoms with Crippen LogP contribution < -0.4 is 10.2 Å². The first-order valence-electron chi connectivity index (χ1n) is 6.52. The van der Waals surface area contributed by atoms with E-state index in [2.05, 4.69) is 10.5 Å². The SMILES string of the molecule is COc1ccccc1C(=O)N/N=C/c1c(C)cc(O)cc1O. The first kappa shape index (κ1) is 15.4. The Bertz CT molecular complexity index is 703. The minimum absolute atomic E-state index is 0.0368. The third-order valence-electron chi connectivity index (χ3n) is 3.06. The average Bonchev–Trinajstić information content (AvgIpc) is 2.49. The van der Waals surface area contributed by atoms with E-state index in [0.717, 1.165) is 0 Å². The molecule has 3 N–H and O–H groups in total. The summed E-state index contributed by atoms with van der Waals surface area (Å²) in [6, 6.07) is 9.47. The van der Waals surface area contributed by atoms with Gasteiger partial charge in [0.25, 0.3) is 5.91 Å². The van der Waals surface area contributed by atoms with E-state index in [1.54, 1.807) is 31.2 Å². The predicted octanol–water partition coefficient (Wildman–Crippen LogP) is 2.18. The second kappa shape index (κ2) is 6.62. The number of para-hydroxylation sites is 1. The molecule has 114 valence electrons. The fraction of sp³-hybridized carbons (Fsp3) is 0.125. The summed E-state index contributed by atoms with van der Waals surface area (Å²) in [5.74, 6) is -0.138. The minimum atomic E-state index is -0.426. The van der Waals surface area contributed by atoms with Crippen molar-refractivity contribution in [1.82, 2.24) is 5.43 Å². The van der Waals surface area contributed by atoms with Crippen LogP contribution in [0.25, 0.3) is 0 Å². The number of carbonyl (C=O) groups excluding carboxylic acids is 1. The third-order valence-corrected chi connectivity index (χ3v) is 3.06. The summed E-state index contributed by atoms with van der Waals surface area (Å²) in [6.07, 6.45) is 1.32. The standard InChI is InChI=1S/C16H16N2O4/c1-10-7-11(19)8-14(20)13(10)9-17-18-16(21)12-5-3-4-6-15(12)22-2/h3-9,19-20H,1-2H3,(H,18,21)/b17-9+. The van der Waals surface area contributed by atoms with Gasteiger partial charge in [-0.25, -0.2) is 5.43 Å². The van der Waals surface area contributed by atoms with Crippen LogP contribution in [0.3, 0.4) is 0 Å². The molecular formula is C16H16N2O4. The quantitative estimate of drug-likeness (QED) is 0.596. The fourth-order valence-electron chi connectivity index (χ4n) is 1.98. The molecule has 0 heterocycles. The highest BCUT2D eigenvalue weighted by atomic mass is 16.5. The van der Waals surface area contributed by atoms with Gasteiger partial charge in [-0.05, 0) is 30.7 Å². The zero-order valence-electron chi connectivity index (χ0n) is 12.2. The van der Waals surface area contributed by atoms with Crippen molar-refractivity contribution in [3.8, 4) is 17.2 Å². The van der Waals surface area contributed by atoms with Gasteiger partial charge in [0.1, 0.15) is 17.2 Å². The van der Waals surface area contributed by atoms with Crippen molar-refractivity contribution in [1.29, 1.82) is 0 Å². The second-order valence-electron chi connectivity index (χ2n) is 4.59. The Morgan fingerprint density at radius 3 is 2.68 bits per heavy atom. The molecule has 6 nitrogen and oxygen atoms in total. The van der Waals surface area contributed by atoms with Crippen LogP contribution >= 0.6 is 0 Å². The van der Waals surface area contributed by atoms with Gasteiger partial charge in [-0.1, -0.05) is 12.1 Å². The van der Waals surface area contributed by atoms with E-state index in [4.69, 9.17) is 4.74 Å². The van der Waals surface area contributed by atoms with E-state index in [1.165, 1.54) is 25.5 Å². The van der Waals surface area contributed by atoms with Crippen LogP contribution in [-0.2, 0) is 0 Å². The molecule has 0 aliphatic carbocycles. The molecule has 0 aliphatic rings. The summed E-state index contributed by atoms with van der Waals surface area (Å²) < 4.78 is 5.10. The van der Waals surface area contributed by atoms with Crippen molar-refractivity contribution in [3.05, 3.63) is 53.1 Å². The molecule has 22 heavy (non-hydrogen) atoms. The number of phenolic OH excluding ortho intramolecular Hbond substituents is 2. The normalized spacial score (nSPS) is 10.6. The number of phenols is 2. The number of ether oxygens (including phenoxy) is 1. The first-order chi connectivity index (χ1) is 10.5. The van der Waals surface area contributed by atoms with Gasteiger partial charge in [0.2, 0.25) is 0 Å². The van der Waals surface area contributed by atoms with Crippen molar-refractivity contribution < 1.29 is 19.7 Å². The largest absolute Gasteiger partial charge is 0.508 e. The van der Waals surface area contributed by atoms with Gasteiger partial charge in [0, 0.05) is 11.6 Å². The van der Waals surface area contributed by atoms with E-state index in [0.29, 0.717) is 22.4 Å². The molecule has 0 atom stereocenters. The lowest BCUT2D eigenvalue weighted by atomic mass is 10.1. The lowest BCUT2D eigenvalue weighted by Gasteiger charge is -2.07. The van der Waals surface area contributed by atoms with Crippen molar-refractivity contribution in [2.24, 2.45) is 5.10 Å². The molecule has 0 bridgehead atoms. The lowest BCUT2D eigenvalue weighted by molar-refractivity contribution is 0.0952. The molecule has 6 heteroatoms. The maximum Gasteiger partial charge on any atom is 0.275 e. The number of aromatic hydroxyl groups is 2.